The van der Waals surface area contributed by atoms with Crippen LogP contribution in [0.1, 0.15) is 31.2 Å². The van der Waals surface area contributed by atoms with E-state index in [1.165, 1.54) is 5.56 Å². The SMILES string of the molecule is COCCc1ncc(C(C)C)cn1. The van der Waals surface area contributed by atoms with Crippen LogP contribution in [0, 0.1) is 0 Å². The zero-order valence-electron chi connectivity index (χ0n) is 8.45. The van der Waals surface area contributed by atoms with Crippen LogP contribution >= 0.6 is 0 Å². The molecule has 0 unspecified atom stereocenters. The molecule has 3 nitrogen and oxygen atoms in total. The quantitative estimate of drug-likeness (QED) is 0.708. The van der Waals surface area contributed by atoms with Gasteiger partial charge in [0.2, 0.25) is 0 Å². The van der Waals surface area contributed by atoms with E-state index in [1.54, 1.807) is 7.11 Å². The Balaban J connectivity index is 2.59. The highest BCUT2D eigenvalue weighted by Gasteiger charge is 2.00. The fourth-order valence-corrected chi connectivity index (χ4v) is 0.985. The molecule has 0 amide bonds. The lowest BCUT2D eigenvalue weighted by Crippen LogP contribution is -2.01. The number of hydrogen-bond acceptors (Lipinski definition) is 3. The van der Waals surface area contributed by atoms with E-state index >= 15 is 0 Å². The van der Waals surface area contributed by atoms with E-state index in [-0.39, 0.29) is 0 Å². The molecule has 0 aliphatic heterocycles. The van der Waals surface area contributed by atoms with Gasteiger partial charge in [-0.3, -0.25) is 0 Å². The van der Waals surface area contributed by atoms with Crippen LogP contribution in [0.15, 0.2) is 12.4 Å². The smallest absolute Gasteiger partial charge is 0.130 e. The summed E-state index contributed by atoms with van der Waals surface area (Å²) >= 11 is 0. The highest BCUT2D eigenvalue weighted by molar-refractivity contribution is 5.09. The van der Waals surface area contributed by atoms with Gasteiger partial charge in [0.25, 0.3) is 0 Å². The van der Waals surface area contributed by atoms with Gasteiger partial charge >= 0.3 is 0 Å². The van der Waals surface area contributed by atoms with Crippen LogP contribution in [0.2, 0.25) is 0 Å². The fraction of sp³-hybridized carbons (Fsp3) is 0.600. The number of nitrogens with zero attached hydrogens (tertiary/aromatic N) is 2. The van der Waals surface area contributed by atoms with Crippen LogP contribution in [-0.2, 0) is 11.2 Å². The van der Waals surface area contributed by atoms with Crippen LogP contribution in [0.3, 0.4) is 0 Å². The number of methoxy groups -OCH3 is 1. The van der Waals surface area contributed by atoms with Gasteiger partial charge in [0, 0.05) is 25.9 Å². The minimum Gasteiger partial charge on any atom is -0.384 e. The zero-order chi connectivity index (χ0) is 9.68. The molecule has 0 aliphatic carbocycles. The maximum absolute atomic E-state index is 4.94. The Morgan fingerprint density at radius 3 is 2.38 bits per heavy atom. The summed E-state index contributed by atoms with van der Waals surface area (Å²) in [5.74, 6) is 1.35. The Morgan fingerprint density at radius 2 is 1.92 bits per heavy atom. The largest absolute Gasteiger partial charge is 0.384 e. The summed E-state index contributed by atoms with van der Waals surface area (Å²) in [5.41, 5.74) is 1.18. The van der Waals surface area contributed by atoms with Gasteiger partial charge in [0.05, 0.1) is 6.61 Å². The molecule has 1 aromatic heterocycles. The van der Waals surface area contributed by atoms with E-state index in [0.29, 0.717) is 12.5 Å². The molecule has 0 spiro atoms. The monoisotopic (exact) mass is 180 g/mol. The molecule has 3 heteroatoms. The molecule has 0 fully saturated rings. The first-order valence-electron chi connectivity index (χ1n) is 4.53. The molecule has 0 bridgehead atoms. The molecule has 0 radical (unpaired) electrons. The molecule has 0 aliphatic rings. The predicted molar refractivity (Wildman–Crippen MR) is 51.7 cm³/mol. The zero-order valence-corrected chi connectivity index (χ0v) is 8.45. The van der Waals surface area contributed by atoms with Crippen molar-refractivity contribution in [2.45, 2.75) is 26.2 Å². The van der Waals surface area contributed by atoms with Crippen LogP contribution in [0.25, 0.3) is 0 Å². The Morgan fingerprint density at radius 1 is 1.31 bits per heavy atom. The summed E-state index contributed by atoms with van der Waals surface area (Å²) in [7, 11) is 1.68. The maximum atomic E-state index is 4.94. The predicted octanol–water partition coefficient (Wildman–Crippen LogP) is 1.79. The minimum absolute atomic E-state index is 0.497. The van der Waals surface area contributed by atoms with Crippen molar-refractivity contribution in [1.29, 1.82) is 0 Å². The van der Waals surface area contributed by atoms with Crippen LogP contribution in [0.5, 0.6) is 0 Å². The molecule has 1 rings (SSSR count). The lowest BCUT2D eigenvalue weighted by molar-refractivity contribution is 0.200. The third kappa shape index (κ3) is 3.11. The summed E-state index contributed by atoms with van der Waals surface area (Å²) in [5, 5.41) is 0. The van der Waals surface area contributed by atoms with E-state index in [1.807, 2.05) is 12.4 Å². The second kappa shape index (κ2) is 4.92. The standard InChI is InChI=1S/C10H16N2O/c1-8(2)9-6-11-10(12-7-9)4-5-13-3/h6-8H,4-5H2,1-3H3. The molecule has 0 atom stereocenters. The summed E-state index contributed by atoms with van der Waals surface area (Å²) in [6, 6.07) is 0. The van der Waals surface area contributed by atoms with Crippen molar-refractivity contribution >= 4 is 0 Å². The second-order valence-electron chi connectivity index (χ2n) is 3.33. The molecule has 13 heavy (non-hydrogen) atoms. The van der Waals surface area contributed by atoms with Gasteiger partial charge in [-0.1, -0.05) is 13.8 Å². The van der Waals surface area contributed by atoms with Gasteiger partial charge in [0.15, 0.2) is 0 Å². The highest BCUT2D eigenvalue weighted by Crippen LogP contribution is 2.10. The lowest BCUT2D eigenvalue weighted by atomic mass is 10.1. The van der Waals surface area contributed by atoms with Crippen molar-refractivity contribution < 1.29 is 4.74 Å². The second-order valence-corrected chi connectivity index (χ2v) is 3.33. The molecular weight excluding hydrogens is 164 g/mol. The van der Waals surface area contributed by atoms with Crippen molar-refractivity contribution in [3.8, 4) is 0 Å². The topological polar surface area (TPSA) is 35.0 Å². The van der Waals surface area contributed by atoms with Crippen molar-refractivity contribution in [1.82, 2.24) is 9.97 Å². The van der Waals surface area contributed by atoms with Gasteiger partial charge < -0.3 is 4.74 Å². The fourth-order valence-electron chi connectivity index (χ4n) is 0.985. The average Bonchev–Trinajstić information content (AvgIpc) is 2.15. The first-order chi connectivity index (χ1) is 6.24. The number of rotatable bonds is 4. The van der Waals surface area contributed by atoms with Crippen molar-refractivity contribution in [3.05, 3.63) is 23.8 Å². The number of aromatic nitrogens is 2. The first kappa shape index (κ1) is 10.1. The summed E-state index contributed by atoms with van der Waals surface area (Å²) in [6.07, 6.45) is 4.57. The Bertz CT molecular complexity index is 244. The van der Waals surface area contributed by atoms with E-state index < -0.39 is 0 Å². The van der Waals surface area contributed by atoms with Crippen LogP contribution in [-0.4, -0.2) is 23.7 Å². The number of ether oxygens (including phenoxy) is 1. The summed E-state index contributed by atoms with van der Waals surface area (Å²) in [6.45, 7) is 4.95. The normalized spacial score (nSPS) is 10.8. The van der Waals surface area contributed by atoms with Gasteiger partial charge in [-0.25, -0.2) is 9.97 Å². The lowest BCUT2D eigenvalue weighted by Gasteiger charge is -2.04. The third-order valence-corrected chi connectivity index (χ3v) is 1.92. The van der Waals surface area contributed by atoms with Gasteiger partial charge in [0.1, 0.15) is 5.82 Å². The Labute approximate surface area is 79.2 Å². The van der Waals surface area contributed by atoms with E-state index in [4.69, 9.17) is 4.74 Å². The van der Waals surface area contributed by atoms with Crippen molar-refractivity contribution in [2.24, 2.45) is 0 Å². The molecule has 0 N–H and O–H groups in total. The molecule has 72 valence electrons. The van der Waals surface area contributed by atoms with E-state index in [0.717, 1.165) is 12.2 Å². The van der Waals surface area contributed by atoms with E-state index in [2.05, 4.69) is 23.8 Å². The van der Waals surface area contributed by atoms with Crippen molar-refractivity contribution in [2.75, 3.05) is 13.7 Å². The average molecular weight is 180 g/mol. The van der Waals surface area contributed by atoms with Crippen LogP contribution in [0.4, 0.5) is 0 Å². The Hall–Kier alpha value is -0.960. The first-order valence-corrected chi connectivity index (χ1v) is 4.53. The van der Waals surface area contributed by atoms with Crippen LogP contribution < -0.4 is 0 Å². The third-order valence-electron chi connectivity index (χ3n) is 1.92. The van der Waals surface area contributed by atoms with Gasteiger partial charge in [-0.15, -0.1) is 0 Å². The summed E-state index contributed by atoms with van der Waals surface area (Å²) < 4.78 is 4.94. The Kier molecular flexibility index (Phi) is 3.83. The van der Waals surface area contributed by atoms with Crippen molar-refractivity contribution in [3.63, 3.8) is 0 Å². The van der Waals surface area contributed by atoms with Gasteiger partial charge in [-0.2, -0.15) is 0 Å². The molecule has 0 aromatic carbocycles. The summed E-state index contributed by atoms with van der Waals surface area (Å²) in [4.78, 5) is 8.49. The minimum atomic E-state index is 0.497. The molecule has 1 heterocycles. The molecule has 1 aromatic rings. The van der Waals surface area contributed by atoms with Gasteiger partial charge in [-0.05, 0) is 11.5 Å². The number of hydrogen-bond donors (Lipinski definition) is 0. The molecular formula is C10H16N2O. The van der Waals surface area contributed by atoms with E-state index in [9.17, 15) is 0 Å². The molecule has 0 saturated heterocycles. The molecule has 0 saturated carbocycles. The highest BCUT2D eigenvalue weighted by atomic mass is 16.5. The maximum Gasteiger partial charge on any atom is 0.130 e.